The number of hydrogen-bond donors (Lipinski definition) is 2. The zero-order valence-corrected chi connectivity index (χ0v) is 13.0. The number of ether oxygens (including phenoxy) is 2. The first kappa shape index (κ1) is 16.0. The Kier molecular flexibility index (Phi) is 5.07. The van der Waals surface area contributed by atoms with Gasteiger partial charge in [-0.05, 0) is 30.5 Å². The highest BCUT2D eigenvalue weighted by Crippen LogP contribution is 2.11. The number of aromatic nitrogens is 1. The molecule has 1 fully saturated rings. The van der Waals surface area contributed by atoms with Crippen molar-refractivity contribution in [1.82, 2.24) is 15.2 Å². The van der Waals surface area contributed by atoms with Crippen molar-refractivity contribution in [2.75, 3.05) is 38.2 Å². The third kappa shape index (κ3) is 4.11. The quantitative estimate of drug-likeness (QED) is 0.862. The van der Waals surface area contributed by atoms with Crippen molar-refractivity contribution < 1.29 is 19.1 Å². The van der Waals surface area contributed by atoms with Gasteiger partial charge in [0, 0.05) is 19.3 Å². The average Bonchev–Trinajstić information content (AvgIpc) is 2.63. The van der Waals surface area contributed by atoms with Crippen molar-refractivity contribution in [3.8, 4) is 0 Å². The van der Waals surface area contributed by atoms with Gasteiger partial charge in [0.2, 0.25) is 0 Å². The highest BCUT2D eigenvalue weighted by Gasteiger charge is 2.19. The maximum atomic E-state index is 12.3. The maximum Gasteiger partial charge on any atom is 0.418 e. The van der Waals surface area contributed by atoms with E-state index in [-0.39, 0.29) is 5.91 Å². The summed E-state index contributed by atoms with van der Waals surface area (Å²) in [7, 11) is 0. The number of hydrogen-bond acceptors (Lipinski definition) is 6. The van der Waals surface area contributed by atoms with E-state index in [9.17, 15) is 9.59 Å². The lowest BCUT2D eigenvalue weighted by Crippen LogP contribution is -2.40. The first-order valence-electron chi connectivity index (χ1n) is 7.63. The highest BCUT2D eigenvalue weighted by molar-refractivity contribution is 5.94. The first-order chi connectivity index (χ1) is 11.7. The highest BCUT2D eigenvalue weighted by atomic mass is 16.6. The van der Waals surface area contributed by atoms with Crippen molar-refractivity contribution in [2.24, 2.45) is 0 Å². The summed E-state index contributed by atoms with van der Waals surface area (Å²) in [5.74, 6) is 0.734. The Bertz CT molecular complexity index is 663. The van der Waals surface area contributed by atoms with Crippen molar-refractivity contribution in [1.29, 1.82) is 0 Å². The molecule has 8 heteroatoms. The fourth-order valence-electron chi connectivity index (χ4n) is 2.30. The van der Waals surface area contributed by atoms with Gasteiger partial charge in [-0.3, -0.25) is 10.1 Å². The molecule has 3 rings (SSSR count). The first-order valence-corrected chi connectivity index (χ1v) is 7.63. The van der Waals surface area contributed by atoms with Gasteiger partial charge in [-0.25, -0.2) is 9.78 Å². The van der Waals surface area contributed by atoms with Gasteiger partial charge in [0.05, 0.1) is 25.3 Å². The molecule has 0 spiro atoms. The molecule has 0 atom stereocenters. The number of amides is 2. The predicted octanol–water partition coefficient (Wildman–Crippen LogP) is 1.10. The maximum absolute atomic E-state index is 12.3. The van der Waals surface area contributed by atoms with E-state index in [1.807, 2.05) is 0 Å². The molecule has 3 heterocycles. The largest absolute Gasteiger partial charge is 0.418 e. The van der Waals surface area contributed by atoms with Gasteiger partial charge in [0.1, 0.15) is 11.6 Å². The summed E-state index contributed by atoms with van der Waals surface area (Å²) in [5, 5.41) is 5.46. The van der Waals surface area contributed by atoms with Crippen molar-refractivity contribution in [2.45, 2.75) is 0 Å². The molecule has 0 aliphatic carbocycles. The van der Waals surface area contributed by atoms with Gasteiger partial charge in [0.15, 0.2) is 0 Å². The van der Waals surface area contributed by atoms with E-state index in [0.29, 0.717) is 50.0 Å². The summed E-state index contributed by atoms with van der Waals surface area (Å²) < 4.78 is 10.4. The van der Waals surface area contributed by atoms with Crippen LogP contribution in [0.5, 0.6) is 0 Å². The van der Waals surface area contributed by atoms with Crippen molar-refractivity contribution >= 4 is 17.8 Å². The zero-order chi connectivity index (χ0) is 16.8. The minimum atomic E-state index is -0.627. The summed E-state index contributed by atoms with van der Waals surface area (Å²) in [6, 6.07) is 3.20. The summed E-state index contributed by atoms with van der Waals surface area (Å²) in [6.07, 6.45) is 6.02. The van der Waals surface area contributed by atoms with Crippen LogP contribution in [0.2, 0.25) is 0 Å². The average molecular weight is 330 g/mol. The number of carbonyl (C=O) groups excluding carboxylic acids is 2. The molecule has 1 aromatic heterocycles. The Morgan fingerprint density at radius 3 is 2.79 bits per heavy atom. The summed E-state index contributed by atoms with van der Waals surface area (Å²) in [4.78, 5) is 29.9. The molecule has 2 N–H and O–H groups in total. The number of pyridine rings is 1. The van der Waals surface area contributed by atoms with Gasteiger partial charge in [-0.2, -0.15) is 0 Å². The zero-order valence-electron chi connectivity index (χ0n) is 13.0. The second-order valence-corrected chi connectivity index (χ2v) is 5.22. The fraction of sp³-hybridized carbons (Fsp3) is 0.312. The Labute approximate surface area is 139 Å². The third-order valence-electron chi connectivity index (χ3n) is 3.54. The molecule has 0 aromatic carbocycles. The fourth-order valence-corrected chi connectivity index (χ4v) is 2.30. The van der Waals surface area contributed by atoms with Gasteiger partial charge >= 0.3 is 6.09 Å². The van der Waals surface area contributed by atoms with E-state index in [4.69, 9.17) is 9.47 Å². The van der Waals surface area contributed by atoms with Crippen molar-refractivity contribution in [3.63, 3.8) is 0 Å². The van der Waals surface area contributed by atoms with Gasteiger partial charge in [-0.1, -0.05) is 0 Å². The van der Waals surface area contributed by atoms with Crippen LogP contribution in [-0.4, -0.2) is 54.7 Å². The molecular formula is C16H18N4O4. The van der Waals surface area contributed by atoms with Crippen LogP contribution in [0.15, 0.2) is 42.4 Å². The monoisotopic (exact) mass is 330 g/mol. The van der Waals surface area contributed by atoms with Crippen LogP contribution < -0.4 is 10.6 Å². The van der Waals surface area contributed by atoms with E-state index in [0.717, 1.165) is 0 Å². The van der Waals surface area contributed by atoms with E-state index >= 15 is 0 Å². The predicted molar refractivity (Wildman–Crippen MR) is 86.3 cm³/mol. The van der Waals surface area contributed by atoms with Gasteiger partial charge < -0.3 is 19.7 Å². The number of carbonyl (C=O) groups is 2. The molecule has 0 unspecified atom stereocenters. The molecule has 1 aromatic rings. The molecule has 0 radical (unpaired) electrons. The number of nitrogens with one attached hydrogen (secondary N) is 2. The molecular weight excluding hydrogens is 312 g/mol. The summed E-state index contributed by atoms with van der Waals surface area (Å²) in [6.45, 7) is 2.69. The Morgan fingerprint density at radius 2 is 2.12 bits per heavy atom. The molecule has 2 amide bonds. The van der Waals surface area contributed by atoms with E-state index in [1.54, 1.807) is 35.4 Å². The second kappa shape index (κ2) is 7.60. The normalized spacial score (nSPS) is 16.8. The number of morpholine rings is 1. The standard InChI is InChI=1S/C16H18N4O4/c21-15(20-6-8-23-9-7-20)12-3-4-14(18-10-12)19-16(22)24-13-2-1-5-17-11-13/h1-5,10,17H,6-9,11H2,(H,18,19,22). The number of rotatable bonds is 3. The van der Waals surface area contributed by atoms with Crippen LogP contribution in [0.25, 0.3) is 0 Å². The lowest BCUT2D eigenvalue weighted by atomic mass is 10.2. The molecule has 0 saturated carbocycles. The molecule has 2 aliphatic rings. The van der Waals surface area contributed by atoms with Crippen LogP contribution in [0.3, 0.4) is 0 Å². The topological polar surface area (TPSA) is 92.8 Å². The number of allylic oxidation sites excluding steroid dienone is 2. The lowest BCUT2D eigenvalue weighted by Gasteiger charge is -2.26. The Balaban J connectivity index is 1.55. The van der Waals surface area contributed by atoms with Crippen LogP contribution in [0.1, 0.15) is 10.4 Å². The second-order valence-electron chi connectivity index (χ2n) is 5.22. The Hall–Kier alpha value is -2.87. The number of dihydropyridines is 1. The van der Waals surface area contributed by atoms with Crippen LogP contribution in [0.4, 0.5) is 10.6 Å². The minimum absolute atomic E-state index is 0.0925. The summed E-state index contributed by atoms with van der Waals surface area (Å²) >= 11 is 0. The van der Waals surface area contributed by atoms with E-state index in [2.05, 4.69) is 15.6 Å². The van der Waals surface area contributed by atoms with Crippen molar-refractivity contribution in [3.05, 3.63) is 48.0 Å². The SMILES string of the molecule is O=C(Nc1ccc(C(=O)N2CCOCC2)cn1)OC1=CC=CNC1. The lowest BCUT2D eigenvalue weighted by molar-refractivity contribution is 0.0302. The van der Waals surface area contributed by atoms with Crippen LogP contribution >= 0.6 is 0 Å². The molecule has 2 aliphatic heterocycles. The van der Waals surface area contributed by atoms with Crippen LogP contribution in [-0.2, 0) is 9.47 Å². The van der Waals surface area contributed by atoms with Gasteiger partial charge in [-0.15, -0.1) is 0 Å². The third-order valence-corrected chi connectivity index (χ3v) is 3.54. The summed E-state index contributed by atoms with van der Waals surface area (Å²) in [5.41, 5.74) is 0.472. The van der Waals surface area contributed by atoms with E-state index < -0.39 is 6.09 Å². The molecule has 8 nitrogen and oxygen atoms in total. The molecule has 24 heavy (non-hydrogen) atoms. The number of nitrogens with zero attached hydrogens (tertiary/aromatic N) is 2. The number of anilines is 1. The molecule has 0 bridgehead atoms. The van der Waals surface area contributed by atoms with Gasteiger partial charge in [0.25, 0.3) is 5.91 Å². The smallest absolute Gasteiger partial charge is 0.413 e. The van der Waals surface area contributed by atoms with E-state index in [1.165, 1.54) is 6.20 Å². The minimum Gasteiger partial charge on any atom is -0.413 e. The Morgan fingerprint density at radius 1 is 1.29 bits per heavy atom. The molecule has 126 valence electrons. The van der Waals surface area contributed by atoms with Crippen LogP contribution in [0, 0.1) is 0 Å². The molecule has 1 saturated heterocycles.